The first kappa shape index (κ1) is 18.6. The van der Waals surface area contributed by atoms with Crippen LogP contribution in [-0.2, 0) is 24.3 Å². The van der Waals surface area contributed by atoms with Crippen molar-refractivity contribution in [2.24, 2.45) is 0 Å². The number of rotatable bonds is 5. The molecular weight excluding hydrogens is 362 g/mol. The molecule has 0 spiro atoms. The van der Waals surface area contributed by atoms with Gasteiger partial charge in [0.05, 0.1) is 30.3 Å². The first-order valence-corrected chi connectivity index (χ1v) is 9.87. The van der Waals surface area contributed by atoms with Gasteiger partial charge in [-0.25, -0.2) is 8.42 Å². The van der Waals surface area contributed by atoms with Crippen molar-refractivity contribution < 1.29 is 27.5 Å². The van der Waals surface area contributed by atoms with Crippen molar-refractivity contribution in [1.82, 2.24) is 4.31 Å². The molecule has 26 heavy (non-hydrogen) atoms. The Hall–Kier alpha value is -2.17. The lowest BCUT2D eigenvalue weighted by Crippen LogP contribution is -2.42. The van der Waals surface area contributed by atoms with Crippen molar-refractivity contribution in [3.63, 3.8) is 0 Å². The standard InChI is InChI=1S/C16H21N3O6S/c1-18-13-4-2-3-12(16(13)25-11-15(18)21)17-14(20)5-10-26(22,23)19-6-8-24-9-7-19/h2-4H,5-11H2,1H3,(H,17,20). The van der Waals surface area contributed by atoms with Gasteiger partial charge in [0.2, 0.25) is 15.9 Å². The fourth-order valence-electron chi connectivity index (χ4n) is 2.79. The van der Waals surface area contributed by atoms with Crippen LogP contribution >= 0.6 is 0 Å². The molecule has 0 bridgehead atoms. The number of fused-ring (bicyclic) bond motifs is 1. The van der Waals surface area contributed by atoms with Gasteiger partial charge in [-0.05, 0) is 12.1 Å². The number of amides is 2. The number of sulfonamides is 1. The van der Waals surface area contributed by atoms with Crippen LogP contribution in [0.25, 0.3) is 0 Å². The number of morpholine rings is 1. The Morgan fingerprint density at radius 3 is 2.73 bits per heavy atom. The molecule has 1 saturated heterocycles. The van der Waals surface area contributed by atoms with Crippen LogP contribution in [0.2, 0.25) is 0 Å². The van der Waals surface area contributed by atoms with Crippen molar-refractivity contribution in [3.8, 4) is 5.75 Å². The molecule has 2 aliphatic heterocycles. The molecule has 2 aliphatic rings. The number of para-hydroxylation sites is 1. The molecule has 1 aromatic carbocycles. The number of benzene rings is 1. The molecule has 0 aliphatic carbocycles. The third-order valence-corrected chi connectivity index (χ3v) is 6.17. The van der Waals surface area contributed by atoms with Crippen LogP contribution in [0.3, 0.4) is 0 Å². The van der Waals surface area contributed by atoms with Crippen LogP contribution in [-0.4, -0.2) is 70.2 Å². The van der Waals surface area contributed by atoms with Crippen molar-refractivity contribution in [2.45, 2.75) is 6.42 Å². The van der Waals surface area contributed by atoms with E-state index >= 15 is 0 Å². The predicted octanol–water partition coefficient (Wildman–Crippen LogP) is 0.0324. The lowest BCUT2D eigenvalue weighted by atomic mass is 10.2. The largest absolute Gasteiger partial charge is 0.479 e. The molecule has 1 aromatic rings. The van der Waals surface area contributed by atoms with Crippen LogP contribution < -0.4 is 15.0 Å². The van der Waals surface area contributed by atoms with Crippen LogP contribution in [0.5, 0.6) is 5.75 Å². The van der Waals surface area contributed by atoms with Gasteiger partial charge in [-0.2, -0.15) is 4.31 Å². The minimum atomic E-state index is -3.50. The number of carbonyl (C=O) groups excluding carboxylic acids is 2. The number of ether oxygens (including phenoxy) is 2. The minimum absolute atomic E-state index is 0.109. The zero-order chi connectivity index (χ0) is 18.7. The van der Waals surface area contributed by atoms with E-state index in [2.05, 4.69) is 5.32 Å². The number of hydrogen-bond acceptors (Lipinski definition) is 6. The number of hydrogen-bond donors (Lipinski definition) is 1. The van der Waals surface area contributed by atoms with E-state index < -0.39 is 15.9 Å². The second kappa shape index (κ2) is 7.60. The fourth-order valence-corrected chi connectivity index (χ4v) is 4.20. The molecule has 1 fully saturated rings. The lowest BCUT2D eigenvalue weighted by molar-refractivity contribution is -0.121. The summed E-state index contributed by atoms with van der Waals surface area (Å²) in [7, 11) is -1.87. The molecule has 0 atom stereocenters. The Balaban J connectivity index is 1.63. The van der Waals surface area contributed by atoms with Gasteiger partial charge in [0.1, 0.15) is 0 Å². The predicted molar refractivity (Wildman–Crippen MR) is 94.8 cm³/mol. The lowest BCUT2D eigenvalue weighted by Gasteiger charge is -2.27. The maximum Gasteiger partial charge on any atom is 0.264 e. The monoisotopic (exact) mass is 383 g/mol. The number of nitrogens with zero attached hydrogens (tertiary/aromatic N) is 2. The maximum atomic E-state index is 12.3. The van der Waals surface area contributed by atoms with E-state index in [1.807, 2.05) is 0 Å². The summed E-state index contributed by atoms with van der Waals surface area (Å²) in [5.74, 6) is -0.484. The molecule has 9 nitrogen and oxygen atoms in total. The van der Waals surface area contributed by atoms with Gasteiger partial charge in [0.15, 0.2) is 12.4 Å². The Kier molecular flexibility index (Phi) is 5.44. The molecule has 2 amide bonds. The molecule has 10 heteroatoms. The van der Waals surface area contributed by atoms with Crippen molar-refractivity contribution >= 4 is 33.2 Å². The van der Waals surface area contributed by atoms with Crippen LogP contribution in [0.15, 0.2) is 18.2 Å². The van der Waals surface area contributed by atoms with E-state index in [1.54, 1.807) is 25.2 Å². The molecule has 0 aromatic heterocycles. The Bertz CT molecular complexity index is 804. The Morgan fingerprint density at radius 1 is 1.27 bits per heavy atom. The quantitative estimate of drug-likeness (QED) is 0.769. The average molecular weight is 383 g/mol. The zero-order valence-corrected chi connectivity index (χ0v) is 15.3. The molecule has 0 saturated carbocycles. The second-order valence-corrected chi connectivity index (χ2v) is 8.11. The van der Waals surface area contributed by atoms with E-state index in [4.69, 9.17) is 9.47 Å². The summed E-state index contributed by atoms with van der Waals surface area (Å²) in [6.45, 7) is 1.24. The van der Waals surface area contributed by atoms with E-state index in [0.717, 1.165) is 0 Å². The summed E-state index contributed by atoms with van der Waals surface area (Å²) >= 11 is 0. The molecular formula is C16H21N3O6S. The van der Waals surface area contributed by atoms with Crippen LogP contribution in [0.1, 0.15) is 6.42 Å². The van der Waals surface area contributed by atoms with Crippen molar-refractivity contribution in [3.05, 3.63) is 18.2 Å². The van der Waals surface area contributed by atoms with E-state index in [1.165, 1.54) is 9.21 Å². The highest BCUT2D eigenvalue weighted by molar-refractivity contribution is 7.89. The second-order valence-electron chi connectivity index (χ2n) is 6.02. The minimum Gasteiger partial charge on any atom is -0.479 e. The normalized spacial score (nSPS) is 18.2. The number of nitrogens with one attached hydrogen (secondary N) is 1. The summed E-state index contributed by atoms with van der Waals surface area (Å²) in [5.41, 5.74) is 0.968. The topological polar surface area (TPSA) is 105 Å². The first-order valence-electron chi connectivity index (χ1n) is 8.26. The van der Waals surface area contributed by atoms with Gasteiger partial charge in [-0.3, -0.25) is 9.59 Å². The molecule has 2 heterocycles. The molecule has 1 N–H and O–H groups in total. The van der Waals surface area contributed by atoms with Gasteiger partial charge in [0, 0.05) is 26.6 Å². The highest BCUT2D eigenvalue weighted by Gasteiger charge is 2.27. The van der Waals surface area contributed by atoms with Gasteiger partial charge < -0.3 is 19.7 Å². The van der Waals surface area contributed by atoms with E-state index in [0.29, 0.717) is 43.4 Å². The number of carbonyl (C=O) groups is 2. The molecule has 142 valence electrons. The Morgan fingerprint density at radius 2 is 2.00 bits per heavy atom. The van der Waals surface area contributed by atoms with Gasteiger partial charge >= 0.3 is 0 Å². The maximum absolute atomic E-state index is 12.3. The van der Waals surface area contributed by atoms with Gasteiger partial charge in [-0.1, -0.05) is 6.07 Å². The SMILES string of the molecule is CN1C(=O)COc2c(NC(=O)CCS(=O)(=O)N3CCOCC3)cccc21. The fraction of sp³-hybridized carbons (Fsp3) is 0.500. The smallest absolute Gasteiger partial charge is 0.264 e. The third kappa shape index (κ3) is 3.97. The average Bonchev–Trinajstić information content (AvgIpc) is 2.64. The summed E-state index contributed by atoms with van der Waals surface area (Å²) < 4.78 is 36.5. The van der Waals surface area contributed by atoms with Gasteiger partial charge in [-0.15, -0.1) is 0 Å². The van der Waals surface area contributed by atoms with E-state index in [-0.39, 0.29) is 24.7 Å². The first-order chi connectivity index (χ1) is 12.4. The molecule has 3 rings (SSSR count). The number of anilines is 2. The third-order valence-electron chi connectivity index (χ3n) is 4.29. The summed E-state index contributed by atoms with van der Waals surface area (Å²) in [5, 5.41) is 2.67. The van der Waals surface area contributed by atoms with Gasteiger partial charge in [0.25, 0.3) is 5.91 Å². The van der Waals surface area contributed by atoms with Crippen LogP contribution in [0.4, 0.5) is 11.4 Å². The zero-order valence-electron chi connectivity index (χ0n) is 14.4. The summed E-state index contributed by atoms with van der Waals surface area (Å²) in [6, 6.07) is 5.05. The summed E-state index contributed by atoms with van der Waals surface area (Å²) in [6.07, 6.45) is -0.169. The molecule has 0 radical (unpaired) electrons. The van der Waals surface area contributed by atoms with E-state index in [9.17, 15) is 18.0 Å². The highest BCUT2D eigenvalue weighted by atomic mass is 32.2. The molecule has 0 unspecified atom stereocenters. The number of likely N-dealkylation sites (N-methyl/N-ethyl adjacent to an activating group) is 1. The summed E-state index contributed by atoms with van der Waals surface area (Å²) in [4.78, 5) is 25.4. The Labute approximate surface area is 151 Å². The van der Waals surface area contributed by atoms with Crippen LogP contribution in [0, 0.1) is 0 Å². The van der Waals surface area contributed by atoms with Crippen molar-refractivity contribution in [1.29, 1.82) is 0 Å². The van der Waals surface area contributed by atoms with Crippen molar-refractivity contribution in [2.75, 3.05) is 55.9 Å². The highest BCUT2D eigenvalue weighted by Crippen LogP contribution is 2.37.